The van der Waals surface area contributed by atoms with E-state index in [1.807, 2.05) is 20.0 Å². The molecule has 0 fully saturated rings. The number of nitrogens with zero attached hydrogens (tertiary/aromatic N) is 1. The fourth-order valence-corrected chi connectivity index (χ4v) is 1.55. The fourth-order valence-electron chi connectivity index (χ4n) is 1.55. The number of pyridine rings is 1. The first kappa shape index (κ1) is 13.4. The molecule has 19 heavy (non-hydrogen) atoms. The second-order valence-electron chi connectivity index (χ2n) is 4.09. The Balaban J connectivity index is 2.18. The van der Waals surface area contributed by atoms with Gasteiger partial charge in [0.2, 0.25) is 11.7 Å². The van der Waals surface area contributed by atoms with Gasteiger partial charge < -0.3 is 10.1 Å². The molecule has 1 atom stereocenters. The number of halogens is 2. The minimum absolute atomic E-state index is 0.160. The van der Waals surface area contributed by atoms with Crippen LogP contribution >= 0.6 is 0 Å². The molecule has 3 nitrogen and oxygen atoms in total. The van der Waals surface area contributed by atoms with Gasteiger partial charge in [0.15, 0.2) is 11.6 Å². The molecule has 0 saturated carbocycles. The van der Waals surface area contributed by atoms with E-state index in [9.17, 15) is 8.78 Å². The normalized spacial score (nSPS) is 12.2. The van der Waals surface area contributed by atoms with E-state index in [4.69, 9.17) is 4.74 Å². The van der Waals surface area contributed by atoms with E-state index in [0.717, 1.165) is 11.6 Å². The number of hydrogen-bond donors (Lipinski definition) is 1. The van der Waals surface area contributed by atoms with Crippen molar-refractivity contribution in [1.82, 2.24) is 10.3 Å². The van der Waals surface area contributed by atoms with Gasteiger partial charge in [-0.3, -0.25) is 0 Å². The molecule has 0 spiro atoms. The van der Waals surface area contributed by atoms with Gasteiger partial charge >= 0.3 is 0 Å². The zero-order valence-electron chi connectivity index (χ0n) is 10.7. The summed E-state index contributed by atoms with van der Waals surface area (Å²) >= 11 is 0. The summed E-state index contributed by atoms with van der Waals surface area (Å²) in [6.07, 6.45) is 1.63. The van der Waals surface area contributed by atoms with E-state index >= 15 is 0 Å². The van der Waals surface area contributed by atoms with Crippen LogP contribution in [0.5, 0.6) is 11.6 Å². The molecule has 5 heteroatoms. The van der Waals surface area contributed by atoms with E-state index in [2.05, 4.69) is 10.3 Å². The van der Waals surface area contributed by atoms with Crippen molar-refractivity contribution in [2.45, 2.75) is 13.0 Å². The molecule has 0 amide bonds. The SMILES string of the molecule is CNC(C)c1ccc(Oc2cccc(F)c2F)nc1. The van der Waals surface area contributed by atoms with Gasteiger partial charge in [-0.1, -0.05) is 12.1 Å². The van der Waals surface area contributed by atoms with Crippen molar-refractivity contribution in [1.29, 1.82) is 0 Å². The second-order valence-corrected chi connectivity index (χ2v) is 4.09. The van der Waals surface area contributed by atoms with Crippen molar-refractivity contribution >= 4 is 0 Å². The van der Waals surface area contributed by atoms with Crippen molar-refractivity contribution in [3.63, 3.8) is 0 Å². The highest BCUT2D eigenvalue weighted by molar-refractivity contribution is 5.30. The van der Waals surface area contributed by atoms with Gasteiger partial charge in [0.1, 0.15) is 0 Å². The van der Waals surface area contributed by atoms with E-state index in [1.54, 1.807) is 12.3 Å². The fraction of sp³-hybridized carbons (Fsp3) is 0.214. The summed E-state index contributed by atoms with van der Waals surface area (Å²) < 4.78 is 31.6. The van der Waals surface area contributed by atoms with Crippen LogP contribution in [0.2, 0.25) is 0 Å². The van der Waals surface area contributed by atoms with Gasteiger partial charge in [-0.05, 0) is 31.7 Å². The molecule has 0 saturated heterocycles. The zero-order valence-corrected chi connectivity index (χ0v) is 10.7. The first-order valence-electron chi connectivity index (χ1n) is 5.87. The quantitative estimate of drug-likeness (QED) is 0.918. The summed E-state index contributed by atoms with van der Waals surface area (Å²) in [7, 11) is 1.84. The highest BCUT2D eigenvalue weighted by atomic mass is 19.2. The van der Waals surface area contributed by atoms with Crippen LogP contribution in [0.3, 0.4) is 0 Å². The van der Waals surface area contributed by atoms with Crippen LogP contribution in [0, 0.1) is 11.6 Å². The van der Waals surface area contributed by atoms with Gasteiger partial charge in [-0.15, -0.1) is 0 Å². The monoisotopic (exact) mass is 264 g/mol. The largest absolute Gasteiger partial charge is 0.436 e. The molecular formula is C14H14F2N2O. The zero-order chi connectivity index (χ0) is 13.8. The molecule has 0 aliphatic rings. The third kappa shape index (κ3) is 3.06. The average molecular weight is 264 g/mol. The minimum atomic E-state index is -1.02. The Kier molecular flexibility index (Phi) is 4.06. The summed E-state index contributed by atoms with van der Waals surface area (Å²) in [5.41, 5.74) is 0.981. The molecule has 2 aromatic rings. The topological polar surface area (TPSA) is 34.1 Å². The lowest BCUT2D eigenvalue weighted by molar-refractivity contribution is 0.405. The first-order valence-corrected chi connectivity index (χ1v) is 5.87. The van der Waals surface area contributed by atoms with Crippen molar-refractivity contribution in [3.8, 4) is 11.6 Å². The molecule has 1 aromatic heterocycles. The highest BCUT2D eigenvalue weighted by Crippen LogP contribution is 2.25. The molecule has 1 aromatic carbocycles. The van der Waals surface area contributed by atoms with Crippen LogP contribution in [0.1, 0.15) is 18.5 Å². The summed E-state index contributed by atoms with van der Waals surface area (Å²) in [5, 5.41) is 3.08. The van der Waals surface area contributed by atoms with E-state index in [-0.39, 0.29) is 17.7 Å². The van der Waals surface area contributed by atoms with E-state index in [1.165, 1.54) is 12.1 Å². The molecule has 1 unspecified atom stereocenters. The van der Waals surface area contributed by atoms with Gasteiger partial charge in [0.05, 0.1) is 0 Å². The van der Waals surface area contributed by atoms with E-state index in [0.29, 0.717) is 0 Å². The second kappa shape index (κ2) is 5.75. The van der Waals surface area contributed by atoms with Crippen LogP contribution in [-0.2, 0) is 0 Å². The number of hydrogen-bond acceptors (Lipinski definition) is 3. The van der Waals surface area contributed by atoms with Crippen LogP contribution < -0.4 is 10.1 Å². The van der Waals surface area contributed by atoms with Gasteiger partial charge in [-0.2, -0.15) is 4.39 Å². The Labute approximate surface area is 110 Å². The Hall–Kier alpha value is -2.01. The molecule has 1 N–H and O–H groups in total. The number of rotatable bonds is 4. The van der Waals surface area contributed by atoms with Gasteiger partial charge in [0.25, 0.3) is 0 Å². The number of aromatic nitrogens is 1. The number of benzene rings is 1. The average Bonchev–Trinajstić information content (AvgIpc) is 2.44. The van der Waals surface area contributed by atoms with Gasteiger partial charge in [-0.25, -0.2) is 9.37 Å². The third-order valence-electron chi connectivity index (χ3n) is 2.82. The lowest BCUT2D eigenvalue weighted by atomic mass is 10.1. The van der Waals surface area contributed by atoms with Crippen LogP contribution in [0.15, 0.2) is 36.5 Å². The molecule has 0 radical (unpaired) electrons. The lowest BCUT2D eigenvalue weighted by Gasteiger charge is -2.11. The summed E-state index contributed by atoms with van der Waals surface area (Å²) in [5.74, 6) is -1.92. The molecule has 0 bridgehead atoms. The van der Waals surface area contributed by atoms with E-state index < -0.39 is 11.6 Å². The maximum Gasteiger partial charge on any atom is 0.219 e. The predicted molar refractivity (Wildman–Crippen MR) is 68.1 cm³/mol. The van der Waals surface area contributed by atoms with Crippen LogP contribution in [0.25, 0.3) is 0 Å². The highest BCUT2D eigenvalue weighted by Gasteiger charge is 2.10. The Bertz CT molecular complexity index is 558. The Morgan fingerprint density at radius 2 is 2.00 bits per heavy atom. The van der Waals surface area contributed by atoms with Crippen molar-refractivity contribution in [2.75, 3.05) is 7.05 Å². The van der Waals surface area contributed by atoms with Gasteiger partial charge in [0, 0.05) is 18.3 Å². The van der Waals surface area contributed by atoms with Crippen LogP contribution in [0.4, 0.5) is 8.78 Å². The molecule has 0 aliphatic carbocycles. The molecule has 2 rings (SSSR count). The minimum Gasteiger partial charge on any atom is -0.436 e. The smallest absolute Gasteiger partial charge is 0.219 e. The molecular weight excluding hydrogens is 250 g/mol. The maximum absolute atomic E-state index is 13.4. The third-order valence-corrected chi connectivity index (χ3v) is 2.82. The predicted octanol–water partition coefficient (Wildman–Crippen LogP) is 3.43. The summed E-state index contributed by atoms with van der Waals surface area (Å²) in [6, 6.07) is 7.36. The maximum atomic E-state index is 13.4. The Morgan fingerprint density at radius 3 is 2.63 bits per heavy atom. The molecule has 100 valence electrons. The van der Waals surface area contributed by atoms with Crippen LogP contribution in [-0.4, -0.2) is 12.0 Å². The summed E-state index contributed by atoms with van der Waals surface area (Å²) in [6.45, 7) is 1.99. The van der Waals surface area contributed by atoms with Crippen molar-refractivity contribution in [2.24, 2.45) is 0 Å². The standard InChI is InChI=1S/C14H14F2N2O/c1-9(17-2)10-6-7-13(18-8-10)19-12-5-3-4-11(15)14(12)16/h3-9,17H,1-2H3. The first-order chi connectivity index (χ1) is 9.11. The lowest BCUT2D eigenvalue weighted by Crippen LogP contribution is -2.12. The molecule has 1 heterocycles. The Morgan fingerprint density at radius 1 is 1.21 bits per heavy atom. The summed E-state index contributed by atoms with van der Waals surface area (Å²) in [4.78, 5) is 4.06. The van der Waals surface area contributed by atoms with Crippen molar-refractivity contribution in [3.05, 3.63) is 53.7 Å². The number of ether oxygens (including phenoxy) is 1. The molecule has 0 aliphatic heterocycles. The van der Waals surface area contributed by atoms with Crippen molar-refractivity contribution < 1.29 is 13.5 Å². The number of nitrogens with one attached hydrogen (secondary N) is 1.